The molecule has 0 spiro atoms. The Balaban J connectivity index is 1.85. The Morgan fingerprint density at radius 3 is 2.23 bits per heavy atom. The minimum atomic E-state index is -4.55. The van der Waals surface area contributed by atoms with E-state index in [0.29, 0.717) is 44.7 Å². The highest BCUT2D eigenvalue weighted by molar-refractivity contribution is 7.91. The number of unbranched alkanes of at least 4 members (excludes halogenated alkanes) is 1. The van der Waals surface area contributed by atoms with Gasteiger partial charge in [0.1, 0.15) is 23.0 Å². The zero-order valence-electron chi connectivity index (χ0n) is 22.0. The zero-order chi connectivity index (χ0) is 28.2. The first-order valence-electron chi connectivity index (χ1n) is 12.5. The van der Waals surface area contributed by atoms with E-state index in [1.807, 2.05) is 6.92 Å². The van der Waals surface area contributed by atoms with Crippen molar-refractivity contribution in [1.29, 1.82) is 0 Å². The lowest BCUT2D eigenvalue weighted by Gasteiger charge is -2.26. The van der Waals surface area contributed by atoms with E-state index in [9.17, 15) is 23.1 Å². The molecule has 1 aromatic heterocycles. The van der Waals surface area contributed by atoms with E-state index in [1.165, 1.54) is 43.1 Å². The van der Waals surface area contributed by atoms with Gasteiger partial charge in [-0.3, -0.25) is 14.2 Å². The van der Waals surface area contributed by atoms with Crippen LogP contribution in [0.25, 0.3) is 5.69 Å². The summed E-state index contributed by atoms with van der Waals surface area (Å²) in [6.07, 6.45) is 1.70. The summed E-state index contributed by atoms with van der Waals surface area (Å²) in [5.41, 5.74) is -0.581. The van der Waals surface area contributed by atoms with Crippen molar-refractivity contribution in [2.45, 2.75) is 36.0 Å². The van der Waals surface area contributed by atoms with Gasteiger partial charge in [-0.05, 0) is 42.8 Å². The summed E-state index contributed by atoms with van der Waals surface area (Å²) in [4.78, 5) is 30.4. The molecule has 2 heterocycles. The molecule has 39 heavy (non-hydrogen) atoms. The van der Waals surface area contributed by atoms with Crippen LogP contribution in [0.1, 0.15) is 35.9 Å². The quantitative estimate of drug-likeness (QED) is 0.421. The Morgan fingerprint density at radius 1 is 1.05 bits per heavy atom. The van der Waals surface area contributed by atoms with Gasteiger partial charge in [0.25, 0.3) is 11.5 Å². The van der Waals surface area contributed by atoms with Gasteiger partial charge >= 0.3 is 0 Å². The SMILES string of the molecule is CCCCc1nc(=O)c(S(=O)(=O)c2ccc(C(=O)N3CCOCC3)cc2)c(O)n1-c1c(OC)cccc1OC. The third-order valence-electron chi connectivity index (χ3n) is 6.46. The van der Waals surface area contributed by atoms with Gasteiger partial charge in [-0.2, -0.15) is 4.98 Å². The lowest BCUT2D eigenvalue weighted by atomic mass is 10.2. The molecule has 11 nitrogen and oxygen atoms in total. The lowest BCUT2D eigenvalue weighted by molar-refractivity contribution is 0.0303. The number of aryl methyl sites for hydroxylation is 1. The first kappa shape index (κ1) is 28.1. The molecule has 1 aliphatic heterocycles. The molecule has 0 radical (unpaired) electrons. The highest BCUT2D eigenvalue weighted by atomic mass is 32.2. The number of morpholine rings is 1. The van der Waals surface area contributed by atoms with Crippen LogP contribution in [0.15, 0.2) is 57.1 Å². The topological polar surface area (TPSA) is 137 Å². The van der Waals surface area contributed by atoms with Gasteiger partial charge in [-0.25, -0.2) is 8.42 Å². The van der Waals surface area contributed by atoms with Crippen molar-refractivity contribution < 1.29 is 32.5 Å². The molecule has 0 saturated carbocycles. The molecule has 1 amide bonds. The fraction of sp³-hybridized carbons (Fsp3) is 0.370. The molecule has 1 aliphatic rings. The molecule has 0 bridgehead atoms. The number of hydrogen-bond donors (Lipinski definition) is 1. The fourth-order valence-corrected chi connectivity index (χ4v) is 5.74. The Morgan fingerprint density at radius 2 is 1.67 bits per heavy atom. The smallest absolute Gasteiger partial charge is 0.296 e. The Kier molecular flexibility index (Phi) is 8.56. The number of carbonyl (C=O) groups excluding carboxylic acids is 1. The summed E-state index contributed by atoms with van der Waals surface area (Å²) in [6.45, 7) is 3.70. The van der Waals surface area contributed by atoms with E-state index >= 15 is 0 Å². The molecule has 4 rings (SSSR count). The molecular weight excluding hydrogens is 526 g/mol. The van der Waals surface area contributed by atoms with Crippen LogP contribution >= 0.6 is 0 Å². The molecule has 0 atom stereocenters. The van der Waals surface area contributed by atoms with Crippen LogP contribution in [-0.2, 0) is 21.0 Å². The lowest BCUT2D eigenvalue weighted by Crippen LogP contribution is -2.40. The Hall–Kier alpha value is -3.90. The molecule has 208 valence electrons. The van der Waals surface area contributed by atoms with E-state index in [0.717, 1.165) is 6.42 Å². The standard InChI is InChI=1S/C27H31N3O8S/c1-4-5-9-22-28-25(31)24(27(33)30(22)23-20(36-2)7-6-8-21(23)37-3)39(34,35)19-12-10-18(11-13-19)26(32)29-14-16-38-17-15-29/h6-8,10-13,33H,4-5,9,14-17H2,1-3H3. The van der Waals surface area contributed by atoms with Gasteiger partial charge in [-0.15, -0.1) is 0 Å². The summed E-state index contributed by atoms with van der Waals surface area (Å²) >= 11 is 0. The summed E-state index contributed by atoms with van der Waals surface area (Å²) in [5, 5.41) is 11.4. The van der Waals surface area contributed by atoms with Crippen molar-refractivity contribution in [3.05, 3.63) is 64.2 Å². The van der Waals surface area contributed by atoms with Gasteiger partial charge in [0, 0.05) is 25.1 Å². The normalized spacial score (nSPS) is 13.8. The number of rotatable bonds is 9. The number of nitrogens with zero attached hydrogens (tertiary/aromatic N) is 3. The van der Waals surface area contributed by atoms with E-state index in [1.54, 1.807) is 23.1 Å². The minimum absolute atomic E-state index is 0.160. The maximum absolute atomic E-state index is 13.7. The van der Waals surface area contributed by atoms with E-state index in [4.69, 9.17) is 14.2 Å². The number of hydrogen-bond acceptors (Lipinski definition) is 9. The third-order valence-corrected chi connectivity index (χ3v) is 8.24. The number of para-hydroxylation sites is 1. The van der Waals surface area contributed by atoms with Crippen molar-refractivity contribution in [1.82, 2.24) is 14.5 Å². The van der Waals surface area contributed by atoms with Gasteiger partial charge < -0.3 is 24.2 Å². The van der Waals surface area contributed by atoms with Crippen LogP contribution in [0, 0.1) is 0 Å². The van der Waals surface area contributed by atoms with E-state index in [-0.39, 0.29) is 33.8 Å². The second-order valence-corrected chi connectivity index (χ2v) is 10.8. The van der Waals surface area contributed by atoms with Crippen LogP contribution in [0.2, 0.25) is 0 Å². The van der Waals surface area contributed by atoms with Crippen molar-refractivity contribution >= 4 is 15.7 Å². The number of amides is 1. The summed E-state index contributed by atoms with van der Waals surface area (Å²) in [6, 6.07) is 10.2. The number of aromatic hydroxyl groups is 1. The molecule has 1 fully saturated rings. The summed E-state index contributed by atoms with van der Waals surface area (Å²) in [7, 11) is -1.70. The van der Waals surface area contributed by atoms with Crippen LogP contribution in [0.4, 0.5) is 0 Å². The highest BCUT2D eigenvalue weighted by Gasteiger charge is 2.32. The average molecular weight is 558 g/mol. The first-order chi connectivity index (χ1) is 18.7. The number of benzene rings is 2. The molecule has 0 aliphatic carbocycles. The predicted molar refractivity (Wildman–Crippen MR) is 142 cm³/mol. The second-order valence-electron chi connectivity index (χ2n) is 8.87. The number of ether oxygens (including phenoxy) is 3. The van der Waals surface area contributed by atoms with Gasteiger partial charge in [0.2, 0.25) is 15.7 Å². The van der Waals surface area contributed by atoms with Crippen LogP contribution in [0.3, 0.4) is 0 Å². The van der Waals surface area contributed by atoms with Gasteiger partial charge in [0.15, 0.2) is 4.90 Å². The zero-order valence-corrected chi connectivity index (χ0v) is 22.9. The molecule has 3 aromatic rings. The van der Waals surface area contributed by atoms with Crippen molar-refractivity contribution in [3.63, 3.8) is 0 Å². The number of sulfone groups is 1. The van der Waals surface area contributed by atoms with Gasteiger partial charge in [-0.1, -0.05) is 19.4 Å². The Labute approximate surface area is 226 Å². The van der Waals surface area contributed by atoms with E-state index < -0.39 is 26.2 Å². The predicted octanol–water partition coefficient (Wildman–Crippen LogP) is 2.60. The molecular formula is C27H31N3O8S. The van der Waals surface area contributed by atoms with Crippen molar-refractivity contribution in [3.8, 4) is 23.1 Å². The van der Waals surface area contributed by atoms with Gasteiger partial charge in [0.05, 0.1) is 32.3 Å². The molecule has 1 saturated heterocycles. The van der Waals surface area contributed by atoms with E-state index in [2.05, 4.69) is 4.98 Å². The summed E-state index contributed by atoms with van der Waals surface area (Å²) in [5.74, 6) is -0.341. The molecule has 2 aromatic carbocycles. The molecule has 1 N–H and O–H groups in total. The van der Waals surface area contributed by atoms with Crippen LogP contribution in [-0.4, -0.2) is 74.4 Å². The Bertz CT molecular complexity index is 1490. The highest BCUT2D eigenvalue weighted by Crippen LogP contribution is 2.38. The number of methoxy groups -OCH3 is 2. The minimum Gasteiger partial charge on any atom is -0.494 e. The number of aromatic nitrogens is 2. The third kappa shape index (κ3) is 5.48. The monoisotopic (exact) mass is 557 g/mol. The second kappa shape index (κ2) is 11.9. The van der Waals surface area contributed by atoms with Crippen molar-refractivity contribution in [2.75, 3.05) is 40.5 Å². The molecule has 0 unspecified atom stereocenters. The van der Waals surface area contributed by atoms with Crippen LogP contribution in [0.5, 0.6) is 17.4 Å². The maximum atomic E-state index is 13.7. The summed E-state index contributed by atoms with van der Waals surface area (Å²) < 4.78 is 44.8. The van der Waals surface area contributed by atoms with Crippen molar-refractivity contribution in [2.24, 2.45) is 0 Å². The average Bonchev–Trinajstić information content (AvgIpc) is 2.95. The largest absolute Gasteiger partial charge is 0.494 e. The maximum Gasteiger partial charge on any atom is 0.296 e. The van der Waals surface area contributed by atoms with Crippen LogP contribution < -0.4 is 15.0 Å². The first-order valence-corrected chi connectivity index (χ1v) is 14.0. The fourth-order valence-electron chi connectivity index (χ4n) is 4.41. The number of carbonyl (C=O) groups is 1. The molecule has 12 heteroatoms.